The first-order chi connectivity index (χ1) is 9.96. The summed E-state index contributed by atoms with van der Waals surface area (Å²) in [4.78, 5) is 0.159. The van der Waals surface area contributed by atoms with Gasteiger partial charge >= 0.3 is 0 Å². The minimum absolute atomic E-state index is 0.159. The Morgan fingerprint density at radius 3 is 2.19 bits per heavy atom. The van der Waals surface area contributed by atoms with Crippen LogP contribution in [0.15, 0.2) is 47.4 Å². The Labute approximate surface area is 124 Å². The Kier molecular flexibility index (Phi) is 4.37. The van der Waals surface area contributed by atoms with Crippen LogP contribution in [0.25, 0.3) is 0 Å². The van der Waals surface area contributed by atoms with Gasteiger partial charge in [-0.15, -0.1) is 0 Å². The number of nitrogens with one attached hydrogen (secondary N) is 1. The van der Waals surface area contributed by atoms with Crippen molar-refractivity contribution in [1.29, 1.82) is 0 Å². The van der Waals surface area contributed by atoms with E-state index in [1.54, 1.807) is 24.3 Å². The third-order valence-corrected chi connectivity index (χ3v) is 4.35. The summed E-state index contributed by atoms with van der Waals surface area (Å²) >= 11 is 0. The van der Waals surface area contributed by atoms with Gasteiger partial charge in [0.05, 0.1) is 24.8 Å². The normalized spacial score (nSPS) is 11.0. The fraction of sp³-hybridized carbons (Fsp3) is 0.200. The molecule has 0 saturated carbocycles. The zero-order valence-electron chi connectivity index (χ0n) is 12.1. The van der Waals surface area contributed by atoms with Crippen molar-refractivity contribution < 1.29 is 17.9 Å². The highest BCUT2D eigenvalue weighted by Gasteiger charge is 2.16. The van der Waals surface area contributed by atoms with Gasteiger partial charge in [0.25, 0.3) is 10.0 Å². The molecule has 0 radical (unpaired) electrons. The van der Waals surface area contributed by atoms with E-state index in [0.717, 1.165) is 5.56 Å². The summed E-state index contributed by atoms with van der Waals surface area (Å²) in [6.45, 7) is 1.88. The Bertz CT molecular complexity index is 724. The number of ether oxygens (including phenoxy) is 2. The van der Waals surface area contributed by atoms with E-state index >= 15 is 0 Å². The van der Waals surface area contributed by atoms with Crippen LogP contribution in [0.4, 0.5) is 5.69 Å². The molecule has 0 aliphatic rings. The summed E-state index contributed by atoms with van der Waals surface area (Å²) in [7, 11) is -0.650. The van der Waals surface area contributed by atoms with Gasteiger partial charge in [-0.05, 0) is 48.9 Å². The first-order valence-corrected chi connectivity index (χ1v) is 7.76. The monoisotopic (exact) mass is 307 g/mol. The highest BCUT2D eigenvalue weighted by atomic mass is 32.2. The maximum Gasteiger partial charge on any atom is 0.262 e. The molecule has 21 heavy (non-hydrogen) atoms. The molecule has 0 aromatic heterocycles. The molecule has 0 heterocycles. The van der Waals surface area contributed by atoms with Crippen molar-refractivity contribution in [2.24, 2.45) is 0 Å². The summed E-state index contributed by atoms with van der Waals surface area (Å²) in [5, 5.41) is 0. The van der Waals surface area contributed by atoms with Crippen LogP contribution in [0.1, 0.15) is 5.56 Å². The third kappa shape index (κ3) is 3.46. The molecule has 0 saturated heterocycles. The third-order valence-electron chi connectivity index (χ3n) is 2.97. The van der Waals surface area contributed by atoms with E-state index < -0.39 is 10.0 Å². The van der Waals surface area contributed by atoms with Gasteiger partial charge in [-0.25, -0.2) is 8.42 Å². The summed E-state index contributed by atoms with van der Waals surface area (Å²) in [6.07, 6.45) is 0. The second-order valence-corrected chi connectivity index (χ2v) is 6.17. The van der Waals surface area contributed by atoms with Crippen molar-refractivity contribution in [3.05, 3.63) is 48.0 Å². The fourth-order valence-corrected chi connectivity index (χ4v) is 2.92. The summed E-state index contributed by atoms with van der Waals surface area (Å²) < 4.78 is 37.5. The van der Waals surface area contributed by atoms with Gasteiger partial charge < -0.3 is 9.47 Å². The van der Waals surface area contributed by atoms with E-state index in [-0.39, 0.29) is 4.90 Å². The van der Waals surface area contributed by atoms with Crippen LogP contribution in [0, 0.1) is 6.92 Å². The van der Waals surface area contributed by atoms with Crippen molar-refractivity contribution in [3.8, 4) is 11.5 Å². The molecule has 0 unspecified atom stereocenters. The van der Waals surface area contributed by atoms with E-state index in [1.807, 2.05) is 13.0 Å². The topological polar surface area (TPSA) is 64.6 Å². The fourth-order valence-electron chi connectivity index (χ4n) is 1.86. The lowest BCUT2D eigenvalue weighted by Crippen LogP contribution is -2.13. The molecule has 0 atom stereocenters. The van der Waals surface area contributed by atoms with Gasteiger partial charge in [-0.1, -0.05) is 6.07 Å². The van der Waals surface area contributed by atoms with E-state index in [9.17, 15) is 8.42 Å². The molecule has 0 bridgehead atoms. The highest BCUT2D eigenvalue weighted by molar-refractivity contribution is 7.92. The minimum Gasteiger partial charge on any atom is -0.497 e. The smallest absolute Gasteiger partial charge is 0.262 e. The molecule has 2 rings (SSSR count). The average Bonchev–Trinajstić information content (AvgIpc) is 2.47. The van der Waals surface area contributed by atoms with Gasteiger partial charge in [0.15, 0.2) is 0 Å². The Morgan fingerprint density at radius 2 is 1.62 bits per heavy atom. The molecule has 2 aromatic rings. The van der Waals surface area contributed by atoms with Crippen LogP contribution in [0.3, 0.4) is 0 Å². The molecule has 2 aromatic carbocycles. The van der Waals surface area contributed by atoms with Gasteiger partial charge in [0.1, 0.15) is 11.5 Å². The van der Waals surface area contributed by atoms with Gasteiger partial charge in [-0.3, -0.25) is 4.72 Å². The molecule has 0 spiro atoms. The summed E-state index contributed by atoms with van der Waals surface area (Å²) in [5.74, 6) is 1.07. The Morgan fingerprint density at radius 1 is 0.952 bits per heavy atom. The Balaban J connectivity index is 2.34. The molecule has 112 valence electrons. The lowest BCUT2D eigenvalue weighted by atomic mass is 10.2. The maximum absolute atomic E-state index is 12.4. The summed E-state index contributed by atoms with van der Waals surface area (Å²) in [6, 6.07) is 11.5. The number of aryl methyl sites for hydroxylation is 1. The molecule has 0 amide bonds. The van der Waals surface area contributed by atoms with Gasteiger partial charge in [0.2, 0.25) is 0 Å². The molecule has 6 heteroatoms. The zero-order chi connectivity index (χ0) is 15.5. The number of sulfonamides is 1. The van der Waals surface area contributed by atoms with E-state index in [4.69, 9.17) is 9.47 Å². The number of hydrogen-bond donors (Lipinski definition) is 1. The average molecular weight is 307 g/mol. The first-order valence-electron chi connectivity index (χ1n) is 6.28. The lowest BCUT2D eigenvalue weighted by Gasteiger charge is -2.12. The van der Waals surface area contributed by atoms with E-state index in [2.05, 4.69) is 4.72 Å². The van der Waals surface area contributed by atoms with Crippen LogP contribution in [0.5, 0.6) is 11.5 Å². The summed E-state index contributed by atoms with van der Waals surface area (Å²) in [5.41, 5.74) is 1.34. The maximum atomic E-state index is 12.4. The molecular formula is C15H17NO4S. The second kappa shape index (κ2) is 6.05. The number of methoxy groups -OCH3 is 2. The second-order valence-electron chi connectivity index (χ2n) is 4.48. The van der Waals surface area contributed by atoms with Crippen LogP contribution in [-0.4, -0.2) is 22.6 Å². The molecular weight excluding hydrogens is 290 g/mol. The molecule has 0 fully saturated rings. The van der Waals surface area contributed by atoms with Gasteiger partial charge in [0, 0.05) is 0 Å². The van der Waals surface area contributed by atoms with Crippen LogP contribution in [0.2, 0.25) is 0 Å². The van der Waals surface area contributed by atoms with Crippen molar-refractivity contribution in [2.45, 2.75) is 11.8 Å². The molecule has 0 aliphatic carbocycles. The predicted octanol–water partition coefficient (Wildman–Crippen LogP) is 2.81. The van der Waals surface area contributed by atoms with Crippen molar-refractivity contribution in [1.82, 2.24) is 0 Å². The van der Waals surface area contributed by atoms with Crippen molar-refractivity contribution >= 4 is 15.7 Å². The molecule has 1 N–H and O–H groups in total. The number of benzene rings is 2. The Hall–Kier alpha value is -2.21. The lowest BCUT2D eigenvalue weighted by molar-refractivity contribution is 0.414. The zero-order valence-corrected chi connectivity index (χ0v) is 12.9. The SMILES string of the molecule is COc1ccc(S(=O)(=O)Nc2cc(C)ccc2OC)cc1. The molecule has 5 nitrogen and oxygen atoms in total. The number of hydrogen-bond acceptors (Lipinski definition) is 4. The van der Waals surface area contributed by atoms with Crippen molar-refractivity contribution in [2.75, 3.05) is 18.9 Å². The first kappa shape index (κ1) is 15.2. The minimum atomic E-state index is -3.67. The van der Waals surface area contributed by atoms with Gasteiger partial charge in [-0.2, -0.15) is 0 Å². The number of anilines is 1. The van der Waals surface area contributed by atoms with Crippen LogP contribution in [-0.2, 0) is 10.0 Å². The standard InChI is InChI=1S/C15H17NO4S/c1-11-4-9-15(20-3)14(10-11)16-21(17,18)13-7-5-12(19-2)6-8-13/h4-10,16H,1-3H3. The van der Waals surface area contributed by atoms with E-state index in [1.165, 1.54) is 26.4 Å². The van der Waals surface area contributed by atoms with Crippen molar-refractivity contribution in [3.63, 3.8) is 0 Å². The molecule has 0 aliphatic heterocycles. The van der Waals surface area contributed by atoms with Crippen LogP contribution < -0.4 is 14.2 Å². The van der Waals surface area contributed by atoms with Crippen LogP contribution >= 0.6 is 0 Å². The highest BCUT2D eigenvalue weighted by Crippen LogP contribution is 2.28. The predicted molar refractivity (Wildman–Crippen MR) is 81.5 cm³/mol. The largest absolute Gasteiger partial charge is 0.497 e. The van der Waals surface area contributed by atoms with E-state index in [0.29, 0.717) is 17.2 Å². The number of rotatable bonds is 5. The quantitative estimate of drug-likeness (QED) is 0.922.